The highest BCUT2D eigenvalue weighted by Crippen LogP contribution is 2.58. The summed E-state index contributed by atoms with van der Waals surface area (Å²) in [5, 5.41) is 35.3. The van der Waals surface area contributed by atoms with Crippen LogP contribution in [0.3, 0.4) is 0 Å². The van der Waals surface area contributed by atoms with Crippen molar-refractivity contribution in [2.45, 2.75) is 168 Å². The van der Waals surface area contributed by atoms with Gasteiger partial charge >= 0.3 is 48.4 Å². The lowest BCUT2D eigenvalue weighted by Gasteiger charge is -2.30. The van der Waals surface area contributed by atoms with E-state index in [1.807, 2.05) is 90.7 Å². The first-order valence-corrected chi connectivity index (χ1v) is 59.6. The lowest BCUT2D eigenvalue weighted by atomic mass is 9.76. The molecule has 810 valence electrons. The van der Waals surface area contributed by atoms with E-state index in [9.17, 15) is 99.0 Å². The van der Waals surface area contributed by atoms with E-state index < -0.39 is 181 Å². The normalized spacial score (nSPS) is 16.3. The number of nitrogens with zero attached hydrogens (tertiary/aromatic N) is 6. The van der Waals surface area contributed by atoms with Gasteiger partial charge in [0.25, 0.3) is 54.0 Å². The van der Waals surface area contributed by atoms with E-state index in [1.54, 1.807) is 32.0 Å². The number of aliphatic hydroxyl groups is 1. The average Bonchev–Trinajstić information content (AvgIpc) is 1.54. The Morgan fingerprint density at radius 3 is 1.15 bits per heavy atom. The van der Waals surface area contributed by atoms with Crippen molar-refractivity contribution in [3.05, 3.63) is 206 Å². The van der Waals surface area contributed by atoms with E-state index in [4.69, 9.17) is 50.5 Å². The number of benzene rings is 4. The molecule has 9 N–H and O–H groups in total. The average molecular weight is 2280 g/mol. The molecule has 12 rings (SSSR count). The van der Waals surface area contributed by atoms with E-state index >= 15 is 0 Å². The predicted molar refractivity (Wildman–Crippen MR) is 556 cm³/mol. The minimum atomic E-state index is -4.63. The lowest BCUT2D eigenvalue weighted by molar-refractivity contribution is -0.438. The molecular weight excluding hydrogens is 2170 g/mol. The Bertz CT molecular complexity index is 7700. The van der Waals surface area contributed by atoms with Crippen molar-refractivity contribution < 1.29 is 159 Å². The van der Waals surface area contributed by atoms with Gasteiger partial charge in [-0.2, -0.15) is 34.4 Å². The molecule has 0 saturated heterocycles. The van der Waals surface area contributed by atoms with Gasteiger partial charge in [0.2, 0.25) is 11.4 Å². The van der Waals surface area contributed by atoms with Gasteiger partial charge in [0.15, 0.2) is 11.4 Å². The number of carbonyl (C=O) groups excluding carboxylic acids is 4. The lowest BCUT2D eigenvalue weighted by Crippen LogP contribution is -2.31. The second-order valence-corrected chi connectivity index (χ2v) is 47.0. The Balaban J connectivity index is 0.000000352. The van der Waals surface area contributed by atoms with Crippen LogP contribution in [0.25, 0.3) is 48.2 Å². The van der Waals surface area contributed by atoms with Gasteiger partial charge in [0.1, 0.15) is 41.6 Å². The van der Waals surface area contributed by atoms with Gasteiger partial charge in [-0.1, -0.05) is 57.0 Å². The zero-order valence-electron chi connectivity index (χ0n) is 82.6. The van der Waals surface area contributed by atoms with Crippen LogP contribution >= 0.6 is 22.7 Å². The summed E-state index contributed by atoms with van der Waals surface area (Å²) >= 11 is 2.87. The number of allylic oxidation sites excluding steroid dienone is 8. The fraction of sp³-hybridized carbons (Fsp3) is 0.415. The summed E-state index contributed by atoms with van der Waals surface area (Å²) in [6, 6.07) is 26.1. The van der Waals surface area contributed by atoms with Crippen LogP contribution in [0.4, 0.5) is 22.7 Å². The standard InChI is InChI=1S/C48H59N5O10S3.C46H55N5O12S4.4O3S/c1-7-20-48(6)36-30-34(32-28-37(45(56)49-8-2)51-38(29-32)46(57)50-21-26-66(61,62)63)44-33(19-24-64-44)43(36)53(23-13-25-65(58,59)60)41(48)15-12-14-40-47(4,5)35-27-31(3)17-18-39(35)52(40)22-11-9-10-16-42(54)55;1-7-17-46(6)35-28-33(31-26-36(43(53)47-8-2)49-37(27-31)44(54)48-18-24-67(61,62)63)42-32(16-21-64-42)41(35)51(20-11-23-66(58,59)60)40(46)13-9-12-39-45(4,5)34-25-30(29(3)52)14-15-38(34)50(39)19-10-22-65(55,56)57;4*1-4(2)3/h12,14-15,17-19,24,27-30H,7-11,13,16,20-23,25-26H2,1-6H3,(H4-,49,50,54,55,56,57,58,59,60,61,62,63);9,12-16,21,25-28H,3,7-8,10-11,17-20,22-24H2,1-2,4-6H3,(H5-,47,48,52,53,54,55,56,57,58,59,60,61,62,63);;;;/t48-;46-;;;;/m00..../s1. The van der Waals surface area contributed by atoms with Crippen molar-refractivity contribution in [3.63, 3.8) is 0 Å². The van der Waals surface area contributed by atoms with Crippen LogP contribution in [0.2, 0.25) is 0 Å². The number of hydrogen-bond donors (Lipinski definition) is 9. The number of carboxylic acids is 1. The molecule has 0 bridgehead atoms. The predicted octanol–water partition coefficient (Wildman–Crippen LogP) is 10.1. The summed E-state index contributed by atoms with van der Waals surface area (Å²) in [5.74, 6) is -6.57. The molecule has 4 aliphatic heterocycles. The third-order valence-corrected chi connectivity index (χ3v) is 30.1. The van der Waals surface area contributed by atoms with Crippen molar-refractivity contribution >= 4 is 205 Å². The molecule has 0 radical (unpaired) electrons. The number of nitrogens with one attached hydrogen (secondary N) is 4. The number of amides is 4. The van der Waals surface area contributed by atoms with E-state index in [1.165, 1.54) is 40.4 Å². The minimum Gasteiger partial charge on any atom is -0.748 e. The Hall–Kier alpha value is -12.1. The number of carbonyl (C=O) groups is 5. The summed E-state index contributed by atoms with van der Waals surface area (Å²) in [5.41, 5.74) is 12.3. The minimum absolute atomic E-state index is 0.0333. The van der Waals surface area contributed by atoms with Crippen molar-refractivity contribution in [2.24, 2.45) is 0 Å². The van der Waals surface area contributed by atoms with E-state index in [0.717, 1.165) is 113 Å². The smallest absolute Gasteiger partial charge is 0.425 e. The number of anilines is 2. The molecule has 8 heterocycles. The van der Waals surface area contributed by atoms with Crippen LogP contribution in [0.15, 0.2) is 150 Å². The Morgan fingerprint density at radius 2 is 0.805 bits per heavy atom. The molecular formula is C94H114N10O34S11. The van der Waals surface area contributed by atoms with Crippen LogP contribution in [0.1, 0.15) is 215 Å². The van der Waals surface area contributed by atoms with Crippen LogP contribution in [-0.4, -0.2) is 267 Å². The highest BCUT2D eigenvalue weighted by Gasteiger charge is 2.50. The van der Waals surface area contributed by atoms with Gasteiger partial charge in [-0.3, -0.25) is 37.6 Å². The number of aliphatic carboxylic acids is 1. The second-order valence-electron chi connectivity index (χ2n) is 35.7. The van der Waals surface area contributed by atoms with Crippen molar-refractivity contribution in [1.82, 2.24) is 31.2 Å². The molecule has 0 aliphatic carbocycles. The molecule has 2 atom stereocenters. The number of pyridine rings is 2. The highest BCUT2D eigenvalue weighted by molar-refractivity contribution is 7.86. The Morgan fingerprint density at radius 1 is 0.456 bits per heavy atom. The van der Waals surface area contributed by atoms with Crippen LogP contribution < -0.4 is 31.1 Å². The monoisotopic (exact) mass is 2280 g/mol. The molecule has 4 aromatic carbocycles. The summed E-state index contributed by atoms with van der Waals surface area (Å²) in [7, 11) is -34.5. The zero-order valence-corrected chi connectivity index (χ0v) is 91.6. The number of rotatable bonds is 41. The van der Waals surface area contributed by atoms with Gasteiger partial charge in [-0.05, 0) is 213 Å². The molecule has 0 fully saturated rings. The summed E-state index contributed by atoms with van der Waals surface area (Å²) < 4.78 is 276. The van der Waals surface area contributed by atoms with Gasteiger partial charge < -0.3 is 50.4 Å². The maximum atomic E-state index is 13.4. The number of aliphatic hydroxyl groups excluding tert-OH is 1. The summed E-state index contributed by atoms with van der Waals surface area (Å²) in [6.45, 7) is 27.1. The molecule has 0 saturated carbocycles. The summed E-state index contributed by atoms with van der Waals surface area (Å²) in [4.78, 5) is 77.5. The van der Waals surface area contributed by atoms with Gasteiger partial charge in [0.05, 0.1) is 71.2 Å². The first kappa shape index (κ1) is 124. The third kappa shape index (κ3) is 34.2. The largest absolute Gasteiger partial charge is 0.748 e. The van der Waals surface area contributed by atoms with Crippen molar-refractivity contribution in [1.29, 1.82) is 0 Å². The maximum Gasteiger partial charge on any atom is 0.425 e. The molecule has 44 nitrogen and oxygen atoms in total. The second kappa shape index (κ2) is 53.1. The number of unbranched alkanes of at least 4 members (excludes halogenated alkanes) is 2. The molecule has 0 unspecified atom stereocenters. The zero-order chi connectivity index (χ0) is 112. The van der Waals surface area contributed by atoms with Gasteiger partial charge in [0, 0.05) is 153 Å². The topological polar surface area (TPSA) is 695 Å². The molecule has 4 aromatic heterocycles. The Labute approximate surface area is 876 Å². The van der Waals surface area contributed by atoms with Crippen molar-refractivity contribution in [3.8, 4) is 22.3 Å². The van der Waals surface area contributed by atoms with Crippen LogP contribution in [0.5, 0.6) is 0 Å². The third-order valence-electron chi connectivity index (χ3n) is 24.4. The quantitative estimate of drug-likeness (QED) is 0.00744. The fourth-order valence-electron chi connectivity index (χ4n) is 18.4. The van der Waals surface area contributed by atoms with E-state index in [-0.39, 0.29) is 85.8 Å². The number of aryl methyl sites for hydroxylation is 1. The number of hydrogen-bond acceptors (Lipinski definition) is 36. The molecule has 4 aliphatic rings. The number of carboxylic acid groups (broad SMARTS) is 1. The highest BCUT2D eigenvalue weighted by atomic mass is 32.2. The molecule has 0 spiro atoms. The number of aromatic nitrogens is 2. The van der Waals surface area contributed by atoms with E-state index in [2.05, 4.69) is 130 Å². The van der Waals surface area contributed by atoms with E-state index in [0.29, 0.717) is 61.0 Å². The van der Waals surface area contributed by atoms with Gasteiger partial charge in [-0.25, -0.2) is 26.8 Å². The first-order chi connectivity index (χ1) is 69.3. The van der Waals surface area contributed by atoms with Gasteiger partial charge in [-0.15, -0.1) is 73.2 Å². The van der Waals surface area contributed by atoms with Crippen LogP contribution in [0, 0.1) is 6.92 Å². The Kier molecular flexibility index (Phi) is 44.1. The molecule has 55 heteroatoms. The maximum absolute atomic E-state index is 13.4. The molecule has 8 aromatic rings. The van der Waals surface area contributed by atoms with Crippen molar-refractivity contribution in [2.75, 3.05) is 90.9 Å². The number of fused-ring (bicyclic) bond motifs is 8. The number of thiophene rings is 2. The molecule has 4 amide bonds. The molecule has 149 heavy (non-hydrogen) atoms. The first-order valence-electron chi connectivity index (χ1n) is 45.9. The summed E-state index contributed by atoms with van der Waals surface area (Å²) in [6.07, 6.45) is 17.5. The fourth-order valence-corrected chi connectivity index (χ4v) is 22.4. The van der Waals surface area contributed by atoms with Crippen LogP contribution in [-0.2, 0) is 119 Å². The SMILES string of the molecule is C=C(O)c1ccc2c(c1)C(C)(C)C(C=CC=C1N(CCCS(=O)(=O)O)c3c(cc(-c4cc(C(=O)NCC)nc(C(=O)NCCS(=O)(=O)[O-])c4)c4sccc34)[C@]1(C)CCC)=[N+]2CCCS(=O)(=O)O.CCC[C@]1(C)C(=CC=CC2=[N+](CCCCCC(=O)O)c3ccc(C)cc3C2(C)C)N(CCCS(=O)(=O)O)c2c1cc(-c1cc(C(=O)NCC)nc(C(=O)NCCS(=O)(=O)[O-])c1)c1sccc21.O=S(=O)=O.O=S(=O)=O.O=S(=O)=O.O=S(=O)=O.